The summed E-state index contributed by atoms with van der Waals surface area (Å²) < 4.78 is 37.7. The molecule has 1 aromatic heterocycles. The fourth-order valence-corrected chi connectivity index (χ4v) is 4.47. The Balaban J connectivity index is 2.49. The van der Waals surface area contributed by atoms with E-state index in [0.29, 0.717) is 24.6 Å². The molecule has 6 nitrogen and oxygen atoms in total. The van der Waals surface area contributed by atoms with Crippen LogP contribution in [0.3, 0.4) is 0 Å². The zero-order chi connectivity index (χ0) is 14.4. The number of rotatable bonds is 2. The standard InChI is InChI=1S/C12H20N2O4S/c1-8-6-14(12(4,5)7-17-8)19(15,16)11-9(2)13-18-10(11)3/h8H,6-7H2,1-5H3. The summed E-state index contributed by atoms with van der Waals surface area (Å²) in [6.45, 7) is 9.54. The minimum absolute atomic E-state index is 0.122. The Morgan fingerprint density at radius 3 is 2.53 bits per heavy atom. The molecule has 1 fully saturated rings. The van der Waals surface area contributed by atoms with E-state index in [9.17, 15) is 8.42 Å². The molecule has 108 valence electrons. The van der Waals surface area contributed by atoms with E-state index in [1.54, 1.807) is 13.8 Å². The van der Waals surface area contributed by atoms with Crippen LogP contribution in [0.15, 0.2) is 9.42 Å². The van der Waals surface area contributed by atoms with Gasteiger partial charge < -0.3 is 9.26 Å². The highest BCUT2D eigenvalue weighted by atomic mass is 32.2. The molecule has 0 aliphatic carbocycles. The predicted molar refractivity (Wildman–Crippen MR) is 69.4 cm³/mol. The largest absolute Gasteiger partial charge is 0.375 e. The molecule has 1 saturated heterocycles. The van der Waals surface area contributed by atoms with Crippen LogP contribution in [0.5, 0.6) is 0 Å². The normalized spacial score (nSPS) is 24.6. The Kier molecular flexibility index (Phi) is 3.49. The molecule has 0 spiro atoms. The number of nitrogens with zero attached hydrogens (tertiary/aromatic N) is 2. The second kappa shape index (κ2) is 4.57. The first-order valence-corrected chi connectivity index (χ1v) is 7.67. The van der Waals surface area contributed by atoms with Gasteiger partial charge in [0.05, 0.1) is 18.2 Å². The quantitative estimate of drug-likeness (QED) is 0.824. The van der Waals surface area contributed by atoms with E-state index in [2.05, 4.69) is 5.16 Å². The van der Waals surface area contributed by atoms with Gasteiger partial charge in [-0.1, -0.05) is 5.16 Å². The van der Waals surface area contributed by atoms with Crippen LogP contribution in [0.25, 0.3) is 0 Å². The van der Waals surface area contributed by atoms with Crippen molar-refractivity contribution >= 4 is 10.0 Å². The van der Waals surface area contributed by atoms with Crippen molar-refractivity contribution in [1.82, 2.24) is 9.46 Å². The average molecular weight is 288 g/mol. The summed E-state index contributed by atoms with van der Waals surface area (Å²) in [5.41, 5.74) is -0.186. The lowest BCUT2D eigenvalue weighted by Gasteiger charge is -2.43. The number of morpholine rings is 1. The summed E-state index contributed by atoms with van der Waals surface area (Å²) in [5.74, 6) is 0.326. The van der Waals surface area contributed by atoms with Gasteiger partial charge in [0.1, 0.15) is 10.6 Å². The van der Waals surface area contributed by atoms with Gasteiger partial charge >= 0.3 is 0 Å². The monoisotopic (exact) mass is 288 g/mol. The summed E-state index contributed by atoms with van der Waals surface area (Å²) in [6.07, 6.45) is -0.122. The minimum atomic E-state index is -3.62. The Labute approximate surface area is 113 Å². The van der Waals surface area contributed by atoms with Gasteiger partial charge in [0, 0.05) is 6.54 Å². The lowest BCUT2D eigenvalue weighted by Crippen LogP contribution is -2.57. The number of ether oxygens (including phenoxy) is 1. The molecule has 7 heteroatoms. The van der Waals surface area contributed by atoms with Gasteiger partial charge in [-0.3, -0.25) is 0 Å². The number of aryl methyl sites for hydroxylation is 2. The molecule has 0 bridgehead atoms. The first kappa shape index (κ1) is 14.5. The van der Waals surface area contributed by atoms with E-state index in [1.807, 2.05) is 20.8 Å². The van der Waals surface area contributed by atoms with Crippen molar-refractivity contribution in [2.45, 2.75) is 51.2 Å². The molecule has 1 unspecified atom stereocenters. The third-order valence-electron chi connectivity index (χ3n) is 3.34. The first-order chi connectivity index (χ1) is 8.66. The van der Waals surface area contributed by atoms with Gasteiger partial charge in [-0.15, -0.1) is 0 Å². The maximum absolute atomic E-state index is 12.8. The van der Waals surface area contributed by atoms with Crippen LogP contribution in [-0.2, 0) is 14.8 Å². The topological polar surface area (TPSA) is 72.6 Å². The third-order valence-corrected chi connectivity index (χ3v) is 5.66. The molecule has 1 aromatic rings. The van der Waals surface area contributed by atoms with E-state index < -0.39 is 15.6 Å². The van der Waals surface area contributed by atoms with E-state index in [0.717, 1.165) is 0 Å². The van der Waals surface area contributed by atoms with Gasteiger partial charge in [-0.2, -0.15) is 4.31 Å². The molecule has 0 N–H and O–H groups in total. The van der Waals surface area contributed by atoms with Gasteiger partial charge in [0.25, 0.3) is 0 Å². The highest BCUT2D eigenvalue weighted by Gasteiger charge is 2.43. The van der Waals surface area contributed by atoms with Crippen molar-refractivity contribution in [1.29, 1.82) is 0 Å². The average Bonchev–Trinajstić information content (AvgIpc) is 2.62. The maximum atomic E-state index is 12.8. The van der Waals surface area contributed by atoms with Crippen LogP contribution < -0.4 is 0 Å². The third kappa shape index (κ3) is 2.42. The fraction of sp³-hybridized carbons (Fsp3) is 0.750. The summed E-state index contributed by atoms with van der Waals surface area (Å²) in [5, 5.41) is 3.73. The summed E-state index contributed by atoms with van der Waals surface area (Å²) >= 11 is 0. The zero-order valence-electron chi connectivity index (χ0n) is 11.9. The predicted octanol–water partition coefficient (Wildman–Crippen LogP) is 1.48. The number of hydrogen-bond donors (Lipinski definition) is 0. The summed E-state index contributed by atoms with van der Waals surface area (Å²) in [4.78, 5) is 0.176. The van der Waals surface area contributed by atoms with E-state index >= 15 is 0 Å². The molecule has 0 saturated carbocycles. The van der Waals surface area contributed by atoms with Crippen LogP contribution in [0.4, 0.5) is 0 Å². The maximum Gasteiger partial charge on any atom is 0.249 e. The molecule has 1 atom stereocenters. The minimum Gasteiger partial charge on any atom is -0.375 e. The van der Waals surface area contributed by atoms with Crippen LogP contribution >= 0.6 is 0 Å². The molecule has 1 aliphatic rings. The molecule has 19 heavy (non-hydrogen) atoms. The van der Waals surface area contributed by atoms with E-state index in [-0.39, 0.29) is 11.0 Å². The highest BCUT2D eigenvalue weighted by Crippen LogP contribution is 2.31. The molecular formula is C12H20N2O4S. The second-order valence-electron chi connectivity index (χ2n) is 5.62. The van der Waals surface area contributed by atoms with Gasteiger partial charge in [-0.05, 0) is 34.6 Å². The molecule has 2 rings (SSSR count). The Morgan fingerprint density at radius 2 is 2.00 bits per heavy atom. The first-order valence-electron chi connectivity index (χ1n) is 6.23. The summed E-state index contributed by atoms with van der Waals surface area (Å²) in [6, 6.07) is 0. The smallest absolute Gasteiger partial charge is 0.249 e. The van der Waals surface area contributed by atoms with Crippen LogP contribution in [-0.4, -0.2) is 42.7 Å². The van der Waals surface area contributed by atoms with Crippen molar-refractivity contribution < 1.29 is 17.7 Å². The van der Waals surface area contributed by atoms with Gasteiger partial charge in [0.2, 0.25) is 10.0 Å². The molecule has 0 aromatic carbocycles. The number of hydrogen-bond acceptors (Lipinski definition) is 5. The van der Waals surface area contributed by atoms with Crippen molar-refractivity contribution in [3.8, 4) is 0 Å². The van der Waals surface area contributed by atoms with Crippen molar-refractivity contribution in [2.75, 3.05) is 13.2 Å². The molecule has 2 heterocycles. The Morgan fingerprint density at radius 1 is 1.37 bits per heavy atom. The second-order valence-corrected chi connectivity index (χ2v) is 7.42. The van der Waals surface area contributed by atoms with Gasteiger partial charge in [-0.25, -0.2) is 8.42 Å². The van der Waals surface area contributed by atoms with E-state index in [1.165, 1.54) is 4.31 Å². The molecule has 1 aliphatic heterocycles. The molecular weight excluding hydrogens is 268 g/mol. The SMILES string of the molecule is Cc1noc(C)c1S(=O)(=O)N1CC(C)OCC1(C)C. The number of sulfonamides is 1. The summed E-state index contributed by atoms with van der Waals surface area (Å²) in [7, 11) is -3.62. The van der Waals surface area contributed by atoms with Crippen LogP contribution in [0, 0.1) is 13.8 Å². The van der Waals surface area contributed by atoms with Crippen LogP contribution in [0.1, 0.15) is 32.2 Å². The van der Waals surface area contributed by atoms with Crippen LogP contribution in [0.2, 0.25) is 0 Å². The number of aromatic nitrogens is 1. The van der Waals surface area contributed by atoms with Crippen molar-refractivity contribution in [2.24, 2.45) is 0 Å². The molecule has 0 radical (unpaired) electrons. The van der Waals surface area contributed by atoms with Gasteiger partial charge in [0.15, 0.2) is 5.76 Å². The molecule has 0 amide bonds. The Bertz CT molecular complexity index is 557. The zero-order valence-corrected chi connectivity index (χ0v) is 12.7. The van der Waals surface area contributed by atoms with E-state index in [4.69, 9.17) is 9.26 Å². The lowest BCUT2D eigenvalue weighted by atomic mass is 10.1. The van der Waals surface area contributed by atoms with Crippen molar-refractivity contribution in [3.05, 3.63) is 11.5 Å². The van der Waals surface area contributed by atoms with Crippen molar-refractivity contribution in [3.63, 3.8) is 0 Å². The lowest BCUT2D eigenvalue weighted by molar-refractivity contribution is -0.0551. The highest BCUT2D eigenvalue weighted by molar-refractivity contribution is 7.89. The Hall–Kier alpha value is -0.920. The fourth-order valence-electron chi connectivity index (χ4n) is 2.33.